The first-order valence-corrected chi connectivity index (χ1v) is 9.57. The van der Waals surface area contributed by atoms with Crippen LogP contribution in [0.2, 0.25) is 0 Å². The molecule has 0 aliphatic carbocycles. The van der Waals surface area contributed by atoms with Crippen LogP contribution in [-0.2, 0) is 9.47 Å². The number of allylic oxidation sites excluding steroid dienone is 1. The summed E-state index contributed by atoms with van der Waals surface area (Å²) in [5.41, 5.74) is 21.3. The molecule has 0 spiro atoms. The van der Waals surface area contributed by atoms with Gasteiger partial charge in [-0.05, 0) is 56.5 Å². The monoisotopic (exact) mass is 408 g/mol. The average Bonchev–Trinajstić information content (AvgIpc) is 2.62. The zero-order chi connectivity index (χ0) is 21.0. The molecule has 1 fully saturated rings. The molecule has 0 saturated carbocycles. The van der Waals surface area contributed by atoms with E-state index in [-0.39, 0.29) is 29.1 Å². The largest absolute Gasteiger partial charge is 0.462 e. The van der Waals surface area contributed by atoms with E-state index in [1.54, 1.807) is 13.0 Å². The zero-order valence-electron chi connectivity index (χ0n) is 16.8. The number of benzene rings is 1. The van der Waals surface area contributed by atoms with Gasteiger partial charge in [0.25, 0.3) is 0 Å². The molecule has 2 unspecified atom stereocenters. The number of nitrogens with zero attached hydrogens (tertiary/aromatic N) is 1. The van der Waals surface area contributed by atoms with Gasteiger partial charge in [-0.1, -0.05) is 17.7 Å². The lowest BCUT2D eigenvalue weighted by Gasteiger charge is -2.41. The summed E-state index contributed by atoms with van der Waals surface area (Å²) in [5, 5.41) is 0.101. The van der Waals surface area contributed by atoms with Crippen molar-refractivity contribution in [3.63, 3.8) is 0 Å². The van der Waals surface area contributed by atoms with Crippen LogP contribution < -0.4 is 17.2 Å². The second kappa shape index (κ2) is 9.21. The fourth-order valence-corrected chi connectivity index (χ4v) is 3.46. The van der Waals surface area contributed by atoms with Crippen LogP contribution in [0, 0.1) is 13.8 Å². The van der Waals surface area contributed by atoms with Gasteiger partial charge in [0.15, 0.2) is 0 Å². The van der Waals surface area contributed by atoms with E-state index in [1.165, 1.54) is 0 Å². The number of nitrogens with two attached hydrogens (primary N) is 3. The Morgan fingerprint density at radius 3 is 2.57 bits per heavy atom. The lowest BCUT2D eigenvalue weighted by Crippen LogP contribution is -2.45. The molecule has 6 N–H and O–H groups in total. The van der Waals surface area contributed by atoms with Crippen molar-refractivity contribution < 1.29 is 14.3 Å². The molecule has 8 heteroatoms. The highest BCUT2D eigenvalue weighted by Gasteiger charge is 2.30. The zero-order valence-corrected chi connectivity index (χ0v) is 17.5. The molecule has 2 rings (SSSR count). The van der Waals surface area contributed by atoms with E-state index in [2.05, 4.69) is 0 Å². The molecular weight excluding hydrogens is 380 g/mol. The quantitative estimate of drug-likeness (QED) is 0.389. The summed E-state index contributed by atoms with van der Waals surface area (Å²) in [6.07, 6.45) is 1.34. The van der Waals surface area contributed by atoms with Gasteiger partial charge in [0.05, 0.1) is 24.5 Å². The Bertz CT molecular complexity index is 799. The van der Waals surface area contributed by atoms with Crippen LogP contribution in [-0.4, -0.2) is 36.7 Å². The maximum absolute atomic E-state index is 12.1. The van der Waals surface area contributed by atoms with E-state index in [1.807, 2.05) is 37.8 Å². The van der Waals surface area contributed by atoms with Gasteiger partial charge < -0.3 is 31.6 Å². The van der Waals surface area contributed by atoms with Crippen molar-refractivity contribution in [1.82, 2.24) is 4.90 Å². The van der Waals surface area contributed by atoms with Crippen LogP contribution in [0.5, 0.6) is 0 Å². The predicted octanol–water partition coefficient (Wildman–Crippen LogP) is 2.37. The summed E-state index contributed by atoms with van der Waals surface area (Å²) in [4.78, 5) is 14.2. The van der Waals surface area contributed by atoms with E-state index in [4.69, 9.17) is 38.3 Å². The van der Waals surface area contributed by atoms with Gasteiger partial charge in [0, 0.05) is 12.6 Å². The Morgan fingerprint density at radius 1 is 1.32 bits per heavy atom. The van der Waals surface area contributed by atoms with Crippen molar-refractivity contribution in [3.8, 4) is 0 Å². The van der Waals surface area contributed by atoms with Crippen LogP contribution in [0.1, 0.15) is 47.0 Å². The highest BCUT2D eigenvalue weighted by atomic mass is 35.5. The number of rotatable bonds is 5. The predicted molar refractivity (Wildman–Crippen MR) is 110 cm³/mol. The summed E-state index contributed by atoms with van der Waals surface area (Å²) >= 11 is 5.85. The van der Waals surface area contributed by atoms with Crippen molar-refractivity contribution in [1.29, 1.82) is 0 Å². The van der Waals surface area contributed by atoms with Gasteiger partial charge in [-0.15, -0.1) is 0 Å². The Kier molecular flexibility index (Phi) is 7.21. The molecule has 2 atom stereocenters. The number of carbonyl (C=O) groups excluding carboxylic acids is 1. The topological polar surface area (TPSA) is 117 Å². The molecule has 0 bridgehead atoms. The normalized spacial score (nSPS) is 20.0. The number of halogens is 1. The standard InChI is InChI=1S/C20H29ClN4O3/c1-5-27-20(26)15-7-11(2)14(6-12(15)3)17-9-25(13(4)10-28-17)16(19(23)24)8-18(21)22/h6-8,13,17H,5,9-10,22-24H2,1-4H3/b18-8-. The van der Waals surface area contributed by atoms with Crippen molar-refractivity contribution >= 4 is 17.6 Å². The van der Waals surface area contributed by atoms with Gasteiger partial charge >= 0.3 is 5.97 Å². The summed E-state index contributed by atoms with van der Waals surface area (Å²) in [7, 11) is 0. The summed E-state index contributed by atoms with van der Waals surface area (Å²) in [6.45, 7) is 8.98. The maximum Gasteiger partial charge on any atom is 0.338 e. The van der Waals surface area contributed by atoms with Gasteiger partial charge in [0.1, 0.15) is 17.1 Å². The third kappa shape index (κ3) is 4.91. The van der Waals surface area contributed by atoms with Crippen LogP contribution in [0.25, 0.3) is 0 Å². The van der Waals surface area contributed by atoms with E-state index in [0.717, 1.165) is 16.7 Å². The van der Waals surface area contributed by atoms with Crippen LogP contribution in [0.15, 0.2) is 34.9 Å². The third-order valence-electron chi connectivity index (χ3n) is 4.77. The number of ether oxygens (including phenoxy) is 2. The average molecular weight is 409 g/mol. The molecule has 28 heavy (non-hydrogen) atoms. The highest BCUT2D eigenvalue weighted by Crippen LogP contribution is 2.31. The van der Waals surface area contributed by atoms with Crippen LogP contribution in [0.4, 0.5) is 0 Å². The maximum atomic E-state index is 12.1. The molecule has 1 heterocycles. The van der Waals surface area contributed by atoms with Gasteiger partial charge in [-0.2, -0.15) is 0 Å². The first-order valence-electron chi connectivity index (χ1n) is 9.20. The van der Waals surface area contributed by atoms with Crippen molar-refractivity contribution in [2.24, 2.45) is 17.2 Å². The molecule has 1 aromatic rings. The van der Waals surface area contributed by atoms with Crippen LogP contribution in [0.3, 0.4) is 0 Å². The lowest BCUT2D eigenvalue weighted by molar-refractivity contribution is -0.0461. The molecule has 154 valence electrons. The Balaban J connectivity index is 2.36. The number of morpholine rings is 1. The van der Waals surface area contributed by atoms with Crippen LogP contribution >= 0.6 is 11.6 Å². The Labute approximate surface area is 171 Å². The molecule has 0 aromatic heterocycles. The van der Waals surface area contributed by atoms with Gasteiger partial charge in [-0.3, -0.25) is 0 Å². The molecule has 7 nitrogen and oxygen atoms in total. The second-order valence-corrected chi connectivity index (χ2v) is 7.37. The fraction of sp³-hybridized carbons (Fsp3) is 0.450. The van der Waals surface area contributed by atoms with E-state index in [0.29, 0.717) is 31.0 Å². The van der Waals surface area contributed by atoms with E-state index >= 15 is 0 Å². The SMILES string of the molecule is CCOC(=O)c1cc(C)c(C2CN(C(/C=C(\N)Cl)=C(N)N)C(C)CO2)cc1C. The van der Waals surface area contributed by atoms with E-state index < -0.39 is 0 Å². The summed E-state index contributed by atoms with van der Waals surface area (Å²) in [6, 6.07) is 3.86. The van der Waals surface area contributed by atoms with E-state index in [9.17, 15) is 4.79 Å². The van der Waals surface area contributed by atoms with Gasteiger partial charge in [0.2, 0.25) is 0 Å². The first-order chi connectivity index (χ1) is 13.1. The Morgan fingerprint density at radius 2 is 2.00 bits per heavy atom. The molecule has 1 saturated heterocycles. The number of esters is 1. The smallest absolute Gasteiger partial charge is 0.338 e. The molecule has 1 aliphatic rings. The second-order valence-electron chi connectivity index (χ2n) is 6.94. The summed E-state index contributed by atoms with van der Waals surface area (Å²) in [5.74, 6) is -0.181. The third-order valence-corrected chi connectivity index (χ3v) is 4.88. The van der Waals surface area contributed by atoms with Gasteiger partial charge in [-0.25, -0.2) is 4.79 Å². The van der Waals surface area contributed by atoms with Crippen molar-refractivity contribution in [3.05, 3.63) is 57.1 Å². The number of hydrogen-bond acceptors (Lipinski definition) is 7. The minimum atomic E-state index is -0.321. The minimum Gasteiger partial charge on any atom is -0.462 e. The first kappa shape index (κ1) is 21.9. The molecule has 0 radical (unpaired) electrons. The van der Waals surface area contributed by atoms with Crippen molar-refractivity contribution in [2.45, 2.75) is 39.8 Å². The lowest BCUT2D eigenvalue weighted by atomic mass is 9.95. The number of carbonyl (C=O) groups is 1. The number of hydrogen-bond donors (Lipinski definition) is 3. The highest BCUT2D eigenvalue weighted by molar-refractivity contribution is 6.29. The summed E-state index contributed by atoms with van der Waals surface area (Å²) < 4.78 is 11.2. The molecular formula is C20H29ClN4O3. The van der Waals surface area contributed by atoms with Crippen molar-refractivity contribution in [2.75, 3.05) is 19.8 Å². The molecule has 1 aliphatic heterocycles. The molecule has 0 amide bonds. The minimum absolute atomic E-state index is 0.0424. The number of aryl methyl sites for hydroxylation is 2. The fourth-order valence-electron chi connectivity index (χ4n) is 3.36. The molecule has 1 aromatic carbocycles. The Hall–Kier alpha value is -2.38.